The average Bonchev–Trinajstić information content (AvgIpc) is 3.01. The van der Waals surface area contributed by atoms with Crippen LogP contribution in [0, 0.1) is 12.3 Å². The SMILES string of the molecule is Cc1cc(-n2nc(CCCCC(=O)NO)c3c2CC(C)(C)CC3=O)ccc1C(N)=O. The van der Waals surface area contributed by atoms with Gasteiger partial charge in [0.2, 0.25) is 11.8 Å². The first-order valence-electron chi connectivity index (χ1n) is 10.1. The van der Waals surface area contributed by atoms with E-state index in [9.17, 15) is 14.4 Å². The third-order valence-electron chi connectivity index (χ3n) is 5.53. The predicted molar refractivity (Wildman–Crippen MR) is 111 cm³/mol. The van der Waals surface area contributed by atoms with Crippen molar-refractivity contribution in [3.05, 3.63) is 46.3 Å². The van der Waals surface area contributed by atoms with Gasteiger partial charge in [0, 0.05) is 18.4 Å². The van der Waals surface area contributed by atoms with Crippen molar-refractivity contribution in [1.29, 1.82) is 0 Å². The van der Waals surface area contributed by atoms with Gasteiger partial charge in [-0.05, 0) is 61.8 Å². The number of hydrogen-bond donors (Lipinski definition) is 3. The topological polar surface area (TPSA) is 127 Å². The molecular weight excluding hydrogens is 384 g/mol. The second kappa shape index (κ2) is 8.39. The summed E-state index contributed by atoms with van der Waals surface area (Å²) in [6.45, 7) is 5.96. The monoisotopic (exact) mass is 412 g/mol. The van der Waals surface area contributed by atoms with Crippen LogP contribution in [0.5, 0.6) is 0 Å². The quantitative estimate of drug-likeness (QED) is 0.366. The number of aryl methyl sites for hydroxylation is 2. The number of nitrogens with zero attached hydrogens (tertiary/aromatic N) is 2. The van der Waals surface area contributed by atoms with Crippen molar-refractivity contribution in [2.24, 2.45) is 11.1 Å². The molecule has 0 atom stereocenters. The van der Waals surface area contributed by atoms with Gasteiger partial charge >= 0.3 is 0 Å². The minimum Gasteiger partial charge on any atom is -0.366 e. The number of fused-ring (bicyclic) bond motifs is 1. The Balaban J connectivity index is 1.97. The average molecular weight is 412 g/mol. The van der Waals surface area contributed by atoms with Crippen molar-refractivity contribution in [2.75, 3.05) is 0 Å². The molecule has 0 spiro atoms. The Morgan fingerprint density at radius 2 is 2.00 bits per heavy atom. The summed E-state index contributed by atoms with van der Waals surface area (Å²) in [4.78, 5) is 35.7. The van der Waals surface area contributed by atoms with Crippen molar-refractivity contribution in [1.82, 2.24) is 15.3 Å². The van der Waals surface area contributed by atoms with E-state index in [1.54, 1.807) is 17.6 Å². The Kier molecular flexibility index (Phi) is 6.07. The number of hydroxylamine groups is 1. The molecule has 0 bridgehead atoms. The van der Waals surface area contributed by atoms with Crippen molar-refractivity contribution in [2.45, 2.75) is 59.3 Å². The summed E-state index contributed by atoms with van der Waals surface area (Å²) in [6, 6.07) is 5.33. The van der Waals surface area contributed by atoms with Crippen LogP contribution >= 0.6 is 0 Å². The van der Waals surface area contributed by atoms with E-state index in [0.717, 1.165) is 22.6 Å². The maximum absolute atomic E-state index is 13.0. The summed E-state index contributed by atoms with van der Waals surface area (Å²) in [5.41, 5.74) is 11.2. The molecule has 0 saturated carbocycles. The fourth-order valence-corrected chi connectivity index (χ4v) is 4.11. The third-order valence-corrected chi connectivity index (χ3v) is 5.53. The zero-order valence-electron chi connectivity index (χ0n) is 17.6. The van der Waals surface area contributed by atoms with E-state index >= 15 is 0 Å². The van der Waals surface area contributed by atoms with E-state index in [1.165, 1.54) is 0 Å². The third kappa shape index (κ3) is 4.43. The molecule has 160 valence electrons. The second-order valence-electron chi connectivity index (χ2n) is 8.73. The number of benzene rings is 1. The molecule has 0 unspecified atom stereocenters. The van der Waals surface area contributed by atoms with Gasteiger partial charge < -0.3 is 5.73 Å². The van der Waals surface area contributed by atoms with Crippen LogP contribution in [-0.2, 0) is 17.6 Å². The highest BCUT2D eigenvalue weighted by Crippen LogP contribution is 2.37. The molecular formula is C22H28N4O4. The maximum atomic E-state index is 13.0. The van der Waals surface area contributed by atoms with Gasteiger partial charge in [0.1, 0.15) is 0 Å². The van der Waals surface area contributed by atoms with Crippen molar-refractivity contribution in [3.63, 3.8) is 0 Å². The highest BCUT2D eigenvalue weighted by molar-refractivity contribution is 6.00. The summed E-state index contributed by atoms with van der Waals surface area (Å²) < 4.78 is 1.81. The Morgan fingerprint density at radius 1 is 1.27 bits per heavy atom. The highest BCUT2D eigenvalue weighted by atomic mass is 16.5. The smallest absolute Gasteiger partial charge is 0.248 e. The van der Waals surface area contributed by atoms with Gasteiger partial charge in [-0.1, -0.05) is 13.8 Å². The van der Waals surface area contributed by atoms with Gasteiger partial charge in [0.25, 0.3) is 0 Å². The van der Waals surface area contributed by atoms with Crippen LogP contribution in [0.1, 0.15) is 77.2 Å². The van der Waals surface area contributed by atoms with Gasteiger partial charge in [0.15, 0.2) is 5.78 Å². The lowest BCUT2D eigenvalue weighted by molar-refractivity contribution is -0.129. The lowest BCUT2D eigenvalue weighted by Gasteiger charge is -2.29. The Bertz CT molecular complexity index is 1010. The van der Waals surface area contributed by atoms with Crippen LogP contribution < -0.4 is 11.2 Å². The van der Waals surface area contributed by atoms with Gasteiger partial charge in [-0.25, -0.2) is 10.2 Å². The minimum absolute atomic E-state index is 0.0843. The summed E-state index contributed by atoms with van der Waals surface area (Å²) in [5.74, 6) is -0.822. The normalized spacial score (nSPS) is 15.0. The van der Waals surface area contributed by atoms with Crippen molar-refractivity contribution >= 4 is 17.6 Å². The molecule has 8 nitrogen and oxygen atoms in total. The Labute approximate surface area is 175 Å². The van der Waals surface area contributed by atoms with E-state index in [2.05, 4.69) is 13.8 Å². The van der Waals surface area contributed by atoms with Crippen LogP contribution in [0.15, 0.2) is 18.2 Å². The lowest BCUT2D eigenvalue weighted by Crippen LogP contribution is -2.28. The number of carbonyl (C=O) groups is 3. The molecule has 2 aromatic rings. The van der Waals surface area contributed by atoms with Gasteiger partial charge in [-0.2, -0.15) is 5.10 Å². The van der Waals surface area contributed by atoms with E-state index < -0.39 is 11.8 Å². The molecule has 1 aliphatic rings. The lowest BCUT2D eigenvalue weighted by atomic mass is 9.75. The standard InChI is InChI=1S/C22H28N4O4/c1-13-10-14(8-9-15(13)21(23)29)26-17-11-22(2,3)12-18(27)20(17)16(24-26)6-4-5-7-19(28)25-30/h8-10,30H,4-7,11-12H2,1-3H3,(H2,23,29)(H,25,28). The molecule has 0 fully saturated rings. The first-order valence-corrected chi connectivity index (χ1v) is 10.1. The number of hydrogen-bond acceptors (Lipinski definition) is 5. The first kappa shape index (κ1) is 21.7. The van der Waals surface area contributed by atoms with Gasteiger partial charge in [-0.15, -0.1) is 0 Å². The first-order chi connectivity index (χ1) is 14.1. The molecule has 30 heavy (non-hydrogen) atoms. The fourth-order valence-electron chi connectivity index (χ4n) is 4.11. The summed E-state index contributed by atoms with van der Waals surface area (Å²) in [5, 5.41) is 13.4. The van der Waals surface area contributed by atoms with Crippen LogP contribution in [-0.4, -0.2) is 32.6 Å². The van der Waals surface area contributed by atoms with Gasteiger partial charge in [-0.3, -0.25) is 19.6 Å². The maximum Gasteiger partial charge on any atom is 0.248 e. The molecule has 0 radical (unpaired) electrons. The van der Waals surface area contributed by atoms with E-state index in [0.29, 0.717) is 43.2 Å². The molecule has 0 saturated heterocycles. The molecule has 1 aliphatic carbocycles. The molecule has 2 amide bonds. The zero-order valence-corrected chi connectivity index (χ0v) is 17.6. The molecule has 0 aliphatic heterocycles. The number of nitrogens with two attached hydrogens (primary N) is 1. The highest BCUT2D eigenvalue weighted by Gasteiger charge is 2.36. The number of rotatable bonds is 7. The van der Waals surface area contributed by atoms with Crippen LogP contribution in [0.3, 0.4) is 0 Å². The number of Topliss-reactive ketones (excluding diaryl/α,β-unsaturated/α-hetero) is 1. The number of nitrogens with one attached hydrogen (secondary N) is 1. The van der Waals surface area contributed by atoms with Crippen molar-refractivity contribution in [3.8, 4) is 5.69 Å². The summed E-state index contributed by atoms with van der Waals surface area (Å²) in [6.07, 6.45) is 3.22. The number of unbranched alkanes of at least 4 members (excludes halogenated alkanes) is 1. The van der Waals surface area contributed by atoms with Crippen LogP contribution in [0.25, 0.3) is 5.69 Å². The zero-order chi connectivity index (χ0) is 22.1. The fraction of sp³-hybridized carbons (Fsp3) is 0.455. The van der Waals surface area contributed by atoms with Crippen LogP contribution in [0.2, 0.25) is 0 Å². The molecule has 1 heterocycles. The minimum atomic E-state index is -0.481. The van der Waals surface area contributed by atoms with Gasteiger partial charge in [0.05, 0.1) is 22.6 Å². The Hall–Kier alpha value is -3.00. The Morgan fingerprint density at radius 3 is 2.63 bits per heavy atom. The summed E-state index contributed by atoms with van der Waals surface area (Å²) in [7, 11) is 0. The largest absolute Gasteiger partial charge is 0.366 e. The van der Waals surface area contributed by atoms with Crippen molar-refractivity contribution < 1.29 is 19.6 Å². The van der Waals surface area contributed by atoms with Crippen LogP contribution in [0.4, 0.5) is 0 Å². The number of aromatic nitrogens is 2. The summed E-state index contributed by atoms with van der Waals surface area (Å²) >= 11 is 0. The van der Waals surface area contributed by atoms with E-state index in [1.807, 2.05) is 17.7 Å². The molecule has 3 rings (SSSR count). The number of primary amides is 1. The second-order valence-corrected chi connectivity index (χ2v) is 8.73. The number of ketones is 1. The molecule has 4 N–H and O–H groups in total. The molecule has 1 aromatic heterocycles. The number of carbonyl (C=O) groups excluding carboxylic acids is 3. The number of amides is 2. The van der Waals surface area contributed by atoms with E-state index in [4.69, 9.17) is 16.0 Å². The predicted octanol–water partition coefficient (Wildman–Crippen LogP) is 2.65. The molecule has 1 aromatic carbocycles. The molecule has 8 heteroatoms. The van der Waals surface area contributed by atoms with E-state index in [-0.39, 0.29) is 17.6 Å².